The largest absolute Gasteiger partial charge is 0.352 e. The van der Waals surface area contributed by atoms with Crippen molar-refractivity contribution in [3.8, 4) is 0 Å². The molecule has 3 rings (SSSR count). The Balaban J connectivity index is 2.07. The zero-order valence-corrected chi connectivity index (χ0v) is 24.1. The minimum atomic E-state index is -4.31. The molecule has 39 heavy (non-hydrogen) atoms. The SMILES string of the molecule is CC(C)NC(=O)C(C)N(Cc1cccc(Br)c1)C(=O)CN(c1cccc([N+](=O)[O-])c1)S(=O)(=O)c1ccccc1. The van der Waals surface area contributed by atoms with E-state index >= 15 is 0 Å². The van der Waals surface area contributed by atoms with Crippen LogP contribution >= 0.6 is 15.9 Å². The zero-order valence-electron chi connectivity index (χ0n) is 21.7. The maximum atomic E-state index is 13.8. The number of sulfonamides is 1. The van der Waals surface area contributed by atoms with Crippen molar-refractivity contribution in [2.75, 3.05) is 10.8 Å². The Bertz CT molecular complexity index is 1450. The van der Waals surface area contributed by atoms with Gasteiger partial charge in [-0.1, -0.05) is 52.3 Å². The summed E-state index contributed by atoms with van der Waals surface area (Å²) in [7, 11) is -4.31. The molecule has 0 spiro atoms. The van der Waals surface area contributed by atoms with Crippen LogP contribution in [0.25, 0.3) is 0 Å². The van der Waals surface area contributed by atoms with Crippen LogP contribution in [0.1, 0.15) is 26.3 Å². The van der Waals surface area contributed by atoms with Crippen molar-refractivity contribution in [2.24, 2.45) is 0 Å². The Labute approximate surface area is 236 Å². The van der Waals surface area contributed by atoms with Gasteiger partial charge in [0.15, 0.2) is 0 Å². The van der Waals surface area contributed by atoms with Crippen LogP contribution in [-0.2, 0) is 26.2 Å². The average molecular weight is 618 g/mol. The number of halogens is 1. The van der Waals surface area contributed by atoms with Crippen LogP contribution in [0.4, 0.5) is 11.4 Å². The number of benzene rings is 3. The standard InChI is InChI=1S/C27H29BrN4O6S/c1-19(2)29-27(34)20(3)30(17-21-9-7-10-22(28)15-21)26(33)18-31(23-11-8-12-24(16-23)32(35)36)39(37,38)25-13-5-4-6-14-25/h4-16,19-20H,17-18H2,1-3H3,(H,29,34). The van der Waals surface area contributed by atoms with Gasteiger partial charge in [0.1, 0.15) is 12.6 Å². The number of carbonyl (C=O) groups is 2. The van der Waals surface area contributed by atoms with Crippen LogP contribution in [-0.4, -0.2) is 48.7 Å². The third-order valence-corrected chi connectivity index (χ3v) is 8.06. The van der Waals surface area contributed by atoms with Gasteiger partial charge in [0.2, 0.25) is 11.8 Å². The number of nitrogens with one attached hydrogen (secondary N) is 1. The molecule has 0 heterocycles. The van der Waals surface area contributed by atoms with Crippen LogP contribution in [0.15, 0.2) is 88.2 Å². The van der Waals surface area contributed by atoms with E-state index in [4.69, 9.17) is 0 Å². The van der Waals surface area contributed by atoms with Gasteiger partial charge in [-0.25, -0.2) is 8.42 Å². The number of nitro groups is 1. The van der Waals surface area contributed by atoms with Crippen molar-refractivity contribution in [3.05, 3.63) is 99.0 Å². The molecule has 12 heteroatoms. The molecule has 0 saturated heterocycles. The first-order chi connectivity index (χ1) is 18.4. The van der Waals surface area contributed by atoms with E-state index in [2.05, 4.69) is 21.2 Å². The molecule has 0 aliphatic carbocycles. The predicted octanol–water partition coefficient (Wildman–Crippen LogP) is 4.49. The van der Waals surface area contributed by atoms with Crippen LogP contribution < -0.4 is 9.62 Å². The Morgan fingerprint density at radius 2 is 1.64 bits per heavy atom. The quantitative estimate of drug-likeness (QED) is 0.249. The van der Waals surface area contributed by atoms with Gasteiger partial charge >= 0.3 is 0 Å². The van der Waals surface area contributed by atoms with E-state index in [-0.39, 0.29) is 28.9 Å². The Kier molecular flexibility index (Phi) is 9.81. The fraction of sp³-hybridized carbons (Fsp3) is 0.259. The van der Waals surface area contributed by atoms with E-state index in [0.29, 0.717) is 0 Å². The number of non-ortho nitro benzene ring substituents is 1. The van der Waals surface area contributed by atoms with Gasteiger partial charge in [0.25, 0.3) is 15.7 Å². The maximum absolute atomic E-state index is 13.8. The van der Waals surface area contributed by atoms with Gasteiger partial charge in [0.05, 0.1) is 15.5 Å². The summed E-state index contributed by atoms with van der Waals surface area (Å²) in [5.74, 6) is -1.06. The van der Waals surface area contributed by atoms with Gasteiger partial charge in [-0.2, -0.15) is 0 Å². The third kappa shape index (κ3) is 7.64. The van der Waals surface area contributed by atoms with Gasteiger partial charge < -0.3 is 10.2 Å². The van der Waals surface area contributed by atoms with E-state index in [9.17, 15) is 28.1 Å². The van der Waals surface area contributed by atoms with Crippen molar-refractivity contribution >= 4 is 49.1 Å². The highest BCUT2D eigenvalue weighted by molar-refractivity contribution is 9.10. The second-order valence-corrected chi connectivity index (χ2v) is 11.9. The van der Waals surface area contributed by atoms with Gasteiger partial charge in [-0.15, -0.1) is 0 Å². The number of anilines is 1. The first-order valence-electron chi connectivity index (χ1n) is 12.1. The predicted molar refractivity (Wildman–Crippen MR) is 152 cm³/mol. The summed E-state index contributed by atoms with van der Waals surface area (Å²) in [5.41, 5.74) is 0.335. The average Bonchev–Trinajstić information content (AvgIpc) is 2.90. The molecule has 3 aromatic carbocycles. The molecular weight excluding hydrogens is 588 g/mol. The summed E-state index contributed by atoms with van der Waals surface area (Å²) in [6, 6.07) is 18.6. The van der Waals surface area contributed by atoms with Crippen molar-refractivity contribution in [2.45, 2.75) is 44.3 Å². The van der Waals surface area contributed by atoms with Crippen molar-refractivity contribution in [3.63, 3.8) is 0 Å². The third-order valence-electron chi connectivity index (χ3n) is 5.78. The van der Waals surface area contributed by atoms with Gasteiger partial charge in [0, 0.05) is 29.2 Å². The second-order valence-electron chi connectivity index (χ2n) is 9.09. The van der Waals surface area contributed by atoms with Crippen molar-refractivity contribution in [1.29, 1.82) is 0 Å². The van der Waals surface area contributed by atoms with Crippen LogP contribution in [0, 0.1) is 10.1 Å². The van der Waals surface area contributed by atoms with Crippen LogP contribution in [0.2, 0.25) is 0 Å². The monoisotopic (exact) mass is 616 g/mol. The lowest BCUT2D eigenvalue weighted by Gasteiger charge is -2.32. The molecule has 206 valence electrons. The van der Waals surface area contributed by atoms with Crippen molar-refractivity contribution < 1.29 is 22.9 Å². The molecule has 0 radical (unpaired) electrons. The number of nitrogens with zero attached hydrogens (tertiary/aromatic N) is 3. The molecule has 2 amide bonds. The smallest absolute Gasteiger partial charge is 0.271 e. The van der Waals surface area contributed by atoms with Crippen molar-refractivity contribution in [1.82, 2.24) is 10.2 Å². The number of hydrogen-bond donors (Lipinski definition) is 1. The Morgan fingerprint density at radius 3 is 2.26 bits per heavy atom. The second kappa shape index (κ2) is 12.9. The summed E-state index contributed by atoms with van der Waals surface area (Å²) < 4.78 is 29.1. The molecule has 0 saturated carbocycles. The lowest BCUT2D eigenvalue weighted by Crippen LogP contribution is -2.52. The molecule has 0 fully saturated rings. The molecule has 0 aliphatic rings. The van der Waals surface area contributed by atoms with Crippen LogP contribution in [0.5, 0.6) is 0 Å². The molecule has 1 N–H and O–H groups in total. The highest BCUT2D eigenvalue weighted by atomic mass is 79.9. The summed E-state index contributed by atoms with van der Waals surface area (Å²) in [6.07, 6.45) is 0. The minimum absolute atomic E-state index is 0.0269. The molecule has 0 bridgehead atoms. The van der Waals surface area contributed by atoms with E-state index < -0.39 is 39.3 Å². The van der Waals surface area contributed by atoms with Gasteiger partial charge in [-0.3, -0.25) is 24.0 Å². The number of amides is 2. The number of hydrogen-bond acceptors (Lipinski definition) is 6. The topological polar surface area (TPSA) is 130 Å². The molecule has 1 unspecified atom stereocenters. The highest BCUT2D eigenvalue weighted by Gasteiger charge is 2.33. The fourth-order valence-corrected chi connectivity index (χ4v) is 5.70. The number of rotatable bonds is 11. The molecule has 10 nitrogen and oxygen atoms in total. The maximum Gasteiger partial charge on any atom is 0.271 e. The van der Waals surface area contributed by atoms with E-state index in [0.717, 1.165) is 20.4 Å². The highest BCUT2D eigenvalue weighted by Crippen LogP contribution is 2.27. The molecule has 1 atom stereocenters. The van der Waals surface area contributed by atoms with Crippen LogP contribution in [0.3, 0.4) is 0 Å². The molecule has 3 aromatic rings. The lowest BCUT2D eigenvalue weighted by molar-refractivity contribution is -0.384. The molecule has 0 aliphatic heterocycles. The summed E-state index contributed by atoms with van der Waals surface area (Å²) in [6.45, 7) is 4.49. The lowest BCUT2D eigenvalue weighted by atomic mass is 10.1. The van der Waals surface area contributed by atoms with E-state index in [1.807, 2.05) is 6.07 Å². The molecular formula is C27H29BrN4O6S. The summed E-state index contributed by atoms with van der Waals surface area (Å²) >= 11 is 3.40. The summed E-state index contributed by atoms with van der Waals surface area (Å²) in [5, 5.41) is 14.2. The Morgan fingerprint density at radius 1 is 0.974 bits per heavy atom. The van der Waals surface area contributed by atoms with E-state index in [1.165, 1.54) is 47.4 Å². The first-order valence-corrected chi connectivity index (χ1v) is 14.3. The Hall–Kier alpha value is -3.77. The number of nitro benzene ring substituents is 1. The van der Waals surface area contributed by atoms with E-state index in [1.54, 1.807) is 45.0 Å². The fourth-order valence-electron chi connectivity index (χ4n) is 3.83. The molecule has 0 aromatic heterocycles. The normalized spacial score (nSPS) is 12.0. The number of carbonyl (C=O) groups excluding carboxylic acids is 2. The van der Waals surface area contributed by atoms with Gasteiger partial charge in [-0.05, 0) is 56.7 Å². The first kappa shape index (κ1) is 29.8. The summed E-state index contributed by atoms with van der Waals surface area (Å²) in [4.78, 5) is 38.8. The zero-order chi connectivity index (χ0) is 28.7. The minimum Gasteiger partial charge on any atom is -0.352 e.